The fourth-order valence-corrected chi connectivity index (χ4v) is 34.2. The molecule has 0 heterocycles. The van der Waals surface area contributed by atoms with Crippen LogP contribution in [-0.4, -0.2) is 64.7 Å². The largest absolute Gasteiger partial charge is 2.00 e. The van der Waals surface area contributed by atoms with E-state index in [4.69, 9.17) is 0 Å². The van der Waals surface area contributed by atoms with Crippen LogP contribution < -0.4 is 36.6 Å². The van der Waals surface area contributed by atoms with Crippen LogP contribution in [0, 0.1) is 19.3 Å². The molecule has 0 spiro atoms. The van der Waals surface area contributed by atoms with Crippen LogP contribution in [0.1, 0.15) is 33.5 Å². The molecule has 2 unspecified atom stereocenters. The summed E-state index contributed by atoms with van der Waals surface area (Å²) in [5.41, 5.74) is 10.8. The third-order valence-electron chi connectivity index (χ3n) is 13.6. The van der Waals surface area contributed by atoms with Gasteiger partial charge in [-0.15, -0.1) is 17.2 Å². The van der Waals surface area contributed by atoms with Crippen LogP contribution >= 0.6 is 47.8 Å². The second kappa shape index (κ2) is 35.1. The van der Waals surface area contributed by atoms with Crippen molar-refractivity contribution in [3.63, 3.8) is 0 Å². The molecule has 8 aromatic carbocycles. The number of aliphatic carboxylic acids is 2. The van der Waals surface area contributed by atoms with E-state index in [0.29, 0.717) is 0 Å². The van der Waals surface area contributed by atoms with Gasteiger partial charge in [-0.3, -0.25) is 0 Å². The maximum absolute atomic E-state index is 12.0. The summed E-state index contributed by atoms with van der Waals surface area (Å²) < 4.78 is 10.4. The van der Waals surface area contributed by atoms with Gasteiger partial charge in [0.2, 0.25) is 0 Å². The molecule has 0 N–H and O–H groups in total. The van der Waals surface area contributed by atoms with E-state index < -0.39 is 38.5 Å². The first-order chi connectivity index (χ1) is 39.6. The van der Waals surface area contributed by atoms with Crippen LogP contribution in [0.15, 0.2) is 328 Å². The summed E-state index contributed by atoms with van der Waals surface area (Å²) in [5.74, 6) is -2.02. The monoisotopic (exact) mass is 1580 g/mol. The molecule has 8 aromatic rings. The molecule has 0 aliphatic heterocycles. The standard InChI is InChI=1S/2C27H24GeO2.3C6H4Br.Bi/c2*29-27(30)21-26(22-13-5-1-6-14-22)28(23-15-7-2-8-16-23,24-17-9-3-10-18-24)25-19-11-4-12-20-25;3*7-6-4-2-1-3-5-6;/h2*1-20,26H,21H2,(H,29,30);3*2-5H;/q;;;;;+2/p-2. The molecule has 0 saturated heterocycles. The van der Waals surface area contributed by atoms with E-state index in [1.165, 1.54) is 26.4 Å². The first-order valence-electron chi connectivity index (χ1n) is 26.3. The van der Waals surface area contributed by atoms with Crippen molar-refractivity contribution < 1.29 is 19.8 Å². The Balaban J connectivity index is 0.000000193. The molecule has 0 amide bonds. The molecule has 11 rings (SSSR count). The van der Waals surface area contributed by atoms with Gasteiger partial charge in [-0.25, -0.2) is 0 Å². The molecule has 4 nitrogen and oxygen atoms in total. The molecular weight excluding hydrogens is 1520 g/mol. The van der Waals surface area contributed by atoms with Crippen molar-refractivity contribution in [2.24, 2.45) is 0 Å². The molecule has 0 fully saturated rings. The number of carbonyl (C=O) groups is 2. The topological polar surface area (TPSA) is 80.3 Å². The quantitative estimate of drug-likeness (QED) is 0.0803. The zero-order chi connectivity index (χ0) is 57.0. The maximum Gasteiger partial charge on any atom is 2.00 e. The maximum atomic E-state index is 12.0. The van der Waals surface area contributed by atoms with Gasteiger partial charge < -0.3 is 0 Å². The Bertz CT molecular complexity index is 3080. The van der Waals surface area contributed by atoms with Crippen LogP contribution in [0.2, 0.25) is 0 Å². The number of carboxylic acid groups (broad SMARTS) is 2. The molecule has 6 radical (unpaired) electrons. The Morgan fingerprint density at radius 1 is 0.329 bits per heavy atom. The molecule has 0 saturated carbocycles. The number of hydrogen-bond acceptors (Lipinski definition) is 4. The number of carbonyl (C=O) groups excluding carboxylic acids is 2. The second-order valence-corrected chi connectivity index (χ2v) is 38.3. The summed E-state index contributed by atoms with van der Waals surface area (Å²) in [6.07, 6.45) is 22.8. The molecule has 10 heteroatoms. The Kier molecular flexibility index (Phi) is 27.9. The summed E-state index contributed by atoms with van der Waals surface area (Å²) in [5, 5.41) is 24.1. The van der Waals surface area contributed by atoms with Gasteiger partial charge in [0, 0.05) is 32.7 Å². The molecule has 3 aliphatic rings. The summed E-state index contributed by atoms with van der Waals surface area (Å²) in [7, 11) is 0. The van der Waals surface area contributed by atoms with E-state index in [1.807, 2.05) is 147 Å². The minimum atomic E-state index is -3.51. The molecule has 404 valence electrons. The predicted molar refractivity (Wildman–Crippen MR) is 353 cm³/mol. The fraction of sp³-hybridized carbons (Fsp3) is 0.0556. The number of benzene rings is 8. The number of hydrogen-bond donors (Lipinski definition) is 0. The Hall–Kier alpha value is -6.11. The average molecular weight is 1580 g/mol. The van der Waals surface area contributed by atoms with Gasteiger partial charge in [-0.2, -0.15) is 0 Å². The van der Waals surface area contributed by atoms with Gasteiger partial charge >= 0.3 is 387 Å². The number of halogens is 3. The van der Waals surface area contributed by atoms with E-state index in [0.717, 1.165) is 24.6 Å². The SMILES string of the molecule is BrC1=CC=C=C[CH]1.BrC1=CC=C=C[CH]1.BrC1=CC=C=C[CH]1.O=C([O-])C[CH](c1ccccc1)[Ge]([c]1ccccc1)([c]1ccccc1)[c]1ccccc1.O=C([O-])C[CH](c1ccccc1)[Ge]([c]1ccccc1)([c]1ccccc1)[c]1ccccc1.[Bi+2]. The summed E-state index contributed by atoms with van der Waals surface area (Å²) >= 11 is 2.86. The zero-order valence-corrected chi connectivity index (χ0v) is 57.2. The number of carboxylic acids is 2. The van der Waals surface area contributed by atoms with Crippen molar-refractivity contribution in [1.29, 1.82) is 0 Å². The molecule has 2 atom stereocenters. The summed E-state index contributed by atoms with van der Waals surface area (Å²) in [6.45, 7) is 0. The number of rotatable bonds is 14. The van der Waals surface area contributed by atoms with E-state index in [9.17, 15) is 19.8 Å². The van der Waals surface area contributed by atoms with Crippen molar-refractivity contribution in [2.75, 3.05) is 0 Å². The minimum Gasteiger partial charge on any atom is 2.00 e. The van der Waals surface area contributed by atoms with Gasteiger partial charge in [0.1, 0.15) is 0 Å². The van der Waals surface area contributed by atoms with E-state index in [1.54, 1.807) is 0 Å². The van der Waals surface area contributed by atoms with Crippen molar-refractivity contribution >= 4 is 139 Å². The van der Waals surface area contributed by atoms with Gasteiger partial charge in [0.25, 0.3) is 0 Å². The van der Waals surface area contributed by atoms with Crippen LogP contribution in [0.3, 0.4) is 0 Å². The molecule has 0 bridgehead atoms. The Morgan fingerprint density at radius 2 is 0.524 bits per heavy atom. The fourth-order valence-electron chi connectivity index (χ4n) is 10.3. The molecular formula is C72H58BiBr3Ge2O4. The summed E-state index contributed by atoms with van der Waals surface area (Å²) in [4.78, 5) is 24.1. The van der Waals surface area contributed by atoms with E-state index in [-0.39, 0.29) is 48.5 Å². The Labute approximate surface area is 533 Å². The van der Waals surface area contributed by atoms with Crippen LogP contribution in [0.5, 0.6) is 0 Å². The van der Waals surface area contributed by atoms with E-state index in [2.05, 4.69) is 235 Å². The van der Waals surface area contributed by atoms with Gasteiger partial charge in [0.05, 0.1) is 0 Å². The van der Waals surface area contributed by atoms with E-state index >= 15 is 0 Å². The Morgan fingerprint density at radius 3 is 0.671 bits per heavy atom. The average Bonchev–Trinajstić information content (AvgIpc) is 3.71. The van der Waals surface area contributed by atoms with Crippen molar-refractivity contribution in [1.82, 2.24) is 0 Å². The predicted octanol–water partition coefficient (Wildman–Crippen LogP) is 11.4. The van der Waals surface area contributed by atoms with Gasteiger partial charge in [0.15, 0.2) is 0 Å². The van der Waals surface area contributed by atoms with Crippen molar-refractivity contribution in [2.45, 2.75) is 22.3 Å². The second-order valence-electron chi connectivity index (χ2n) is 18.5. The third kappa shape index (κ3) is 18.4. The van der Waals surface area contributed by atoms with Crippen molar-refractivity contribution in [3.05, 3.63) is 358 Å². The van der Waals surface area contributed by atoms with Gasteiger partial charge in [-0.1, -0.05) is 47.8 Å². The smallest absolute Gasteiger partial charge is 2.00 e. The summed E-state index contributed by atoms with van der Waals surface area (Å²) in [6, 6.07) is 83.0. The first-order valence-corrected chi connectivity index (χ1v) is 37.4. The normalized spacial score (nSPS) is 13.3. The molecule has 82 heavy (non-hydrogen) atoms. The van der Waals surface area contributed by atoms with Crippen LogP contribution in [0.4, 0.5) is 0 Å². The number of allylic oxidation sites excluding steroid dienone is 9. The zero-order valence-electron chi connectivity index (χ0n) is 44.8. The van der Waals surface area contributed by atoms with Crippen LogP contribution in [0.25, 0.3) is 0 Å². The van der Waals surface area contributed by atoms with Gasteiger partial charge in [-0.05, 0) is 54.7 Å². The molecule has 0 aromatic heterocycles. The van der Waals surface area contributed by atoms with Crippen molar-refractivity contribution in [3.8, 4) is 0 Å². The minimum absolute atomic E-state index is 0. The van der Waals surface area contributed by atoms with Crippen LogP contribution in [-0.2, 0) is 9.59 Å². The third-order valence-corrected chi connectivity index (χ3v) is 37.5. The first kappa shape index (κ1) is 65.0. The molecule has 3 aliphatic carbocycles.